The van der Waals surface area contributed by atoms with Crippen LogP contribution in [0.4, 0.5) is 0 Å². The van der Waals surface area contributed by atoms with Gasteiger partial charge in [-0.15, -0.1) is 0 Å². The highest BCUT2D eigenvalue weighted by Crippen LogP contribution is 2.23. The van der Waals surface area contributed by atoms with E-state index >= 15 is 0 Å². The first-order chi connectivity index (χ1) is 8.81. The Kier molecular flexibility index (Phi) is 3.81. The Bertz CT molecular complexity index is 518. The van der Waals surface area contributed by atoms with Crippen molar-refractivity contribution in [1.82, 2.24) is 0 Å². The highest BCUT2D eigenvalue weighted by molar-refractivity contribution is 5.79. The molecular formula is C14H13NO3. The van der Waals surface area contributed by atoms with Gasteiger partial charge in [0.2, 0.25) is 0 Å². The van der Waals surface area contributed by atoms with Crippen molar-refractivity contribution in [3.8, 4) is 17.2 Å². The van der Waals surface area contributed by atoms with Crippen LogP contribution in [-0.2, 0) is 0 Å². The SMILES string of the molecule is COc1ccc(Oc2ccc(C=NO)cc2)cc1. The molecule has 0 amide bonds. The lowest BCUT2D eigenvalue weighted by atomic mass is 10.2. The van der Waals surface area contributed by atoms with Gasteiger partial charge in [-0.1, -0.05) is 5.16 Å². The van der Waals surface area contributed by atoms with E-state index in [0.717, 1.165) is 22.8 Å². The fourth-order valence-corrected chi connectivity index (χ4v) is 1.47. The molecule has 2 aromatic rings. The summed E-state index contributed by atoms with van der Waals surface area (Å²) in [5.41, 5.74) is 0.805. The van der Waals surface area contributed by atoms with Crippen LogP contribution in [-0.4, -0.2) is 18.5 Å². The molecule has 0 saturated carbocycles. The van der Waals surface area contributed by atoms with Crippen LogP contribution in [0.15, 0.2) is 53.7 Å². The summed E-state index contributed by atoms with van der Waals surface area (Å²) in [6.07, 6.45) is 1.36. The first-order valence-corrected chi connectivity index (χ1v) is 5.41. The van der Waals surface area contributed by atoms with Gasteiger partial charge in [0.05, 0.1) is 13.3 Å². The van der Waals surface area contributed by atoms with Gasteiger partial charge >= 0.3 is 0 Å². The standard InChI is InChI=1S/C14H13NO3/c1-17-12-6-8-14(9-7-12)18-13-4-2-11(3-5-13)10-15-16/h2-10,16H,1H3. The van der Waals surface area contributed by atoms with Crippen LogP contribution in [0.3, 0.4) is 0 Å². The highest BCUT2D eigenvalue weighted by Gasteiger charge is 1.98. The Morgan fingerprint density at radius 1 is 0.889 bits per heavy atom. The molecule has 0 spiro atoms. The second-order valence-electron chi connectivity index (χ2n) is 3.59. The fourth-order valence-electron chi connectivity index (χ4n) is 1.47. The average molecular weight is 243 g/mol. The molecule has 0 aliphatic rings. The van der Waals surface area contributed by atoms with Gasteiger partial charge in [0.15, 0.2) is 0 Å². The normalized spacial score (nSPS) is 10.5. The zero-order valence-corrected chi connectivity index (χ0v) is 9.91. The topological polar surface area (TPSA) is 51.0 Å². The van der Waals surface area contributed by atoms with Gasteiger partial charge in [-0.3, -0.25) is 0 Å². The monoisotopic (exact) mass is 243 g/mol. The van der Waals surface area contributed by atoms with E-state index in [-0.39, 0.29) is 0 Å². The van der Waals surface area contributed by atoms with E-state index in [1.54, 1.807) is 31.4 Å². The minimum Gasteiger partial charge on any atom is -0.497 e. The lowest BCUT2D eigenvalue weighted by Gasteiger charge is -2.06. The molecule has 1 N–H and O–H groups in total. The van der Waals surface area contributed by atoms with Crippen LogP contribution in [0.25, 0.3) is 0 Å². The number of nitrogens with zero attached hydrogens (tertiary/aromatic N) is 1. The maximum atomic E-state index is 8.40. The Labute approximate surface area is 105 Å². The van der Waals surface area contributed by atoms with E-state index in [2.05, 4.69) is 5.16 Å². The second-order valence-corrected chi connectivity index (χ2v) is 3.59. The van der Waals surface area contributed by atoms with Crippen molar-refractivity contribution < 1.29 is 14.7 Å². The summed E-state index contributed by atoms with van der Waals surface area (Å²) in [4.78, 5) is 0. The highest BCUT2D eigenvalue weighted by atomic mass is 16.5. The summed E-state index contributed by atoms with van der Waals surface area (Å²) in [7, 11) is 1.62. The average Bonchev–Trinajstić information content (AvgIpc) is 2.42. The summed E-state index contributed by atoms with van der Waals surface area (Å²) in [6, 6.07) is 14.6. The first kappa shape index (κ1) is 12.0. The molecule has 0 fully saturated rings. The molecule has 2 aromatic carbocycles. The Morgan fingerprint density at radius 2 is 1.39 bits per heavy atom. The molecule has 0 aliphatic heterocycles. The first-order valence-electron chi connectivity index (χ1n) is 5.41. The van der Waals surface area contributed by atoms with Gasteiger partial charge in [-0.05, 0) is 54.1 Å². The van der Waals surface area contributed by atoms with Crippen molar-refractivity contribution in [2.24, 2.45) is 5.16 Å². The molecule has 0 aliphatic carbocycles. The predicted octanol–water partition coefficient (Wildman–Crippen LogP) is 3.30. The van der Waals surface area contributed by atoms with Crippen LogP contribution in [0.1, 0.15) is 5.56 Å². The summed E-state index contributed by atoms with van der Waals surface area (Å²) in [5, 5.41) is 11.4. The molecule has 92 valence electrons. The summed E-state index contributed by atoms with van der Waals surface area (Å²) < 4.78 is 10.7. The summed E-state index contributed by atoms with van der Waals surface area (Å²) in [6.45, 7) is 0. The largest absolute Gasteiger partial charge is 0.497 e. The molecule has 0 saturated heterocycles. The number of methoxy groups -OCH3 is 1. The molecule has 18 heavy (non-hydrogen) atoms. The predicted molar refractivity (Wildman–Crippen MR) is 68.9 cm³/mol. The number of benzene rings is 2. The van der Waals surface area contributed by atoms with Crippen LogP contribution >= 0.6 is 0 Å². The molecule has 0 bridgehead atoms. The van der Waals surface area contributed by atoms with Crippen molar-refractivity contribution in [2.45, 2.75) is 0 Å². The van der Waals surface area contributed by atoms with Crippen molar-refractivity contribution in [2.75, 3.05) is 7.11 Å². The minimum atomic E-state index is 0.718. The maximum absolute atomic E-state index is 8.40. The van der Waals surface area contributed by atoms with Gasteiger partial charge in [0.25, 0.3) is 0 Å². The zero-order chi connectivity index (χ0) is 12.8. The summed E-state index contributed by atoms with van der Waals surface area (Å²) >= 11 is 0. The molecule has 0 aromatic heterocycles. The third-order valence-corrected chi connectivity index (χ3v) is 2.38. The Morgan fingerprint density at radius 3 is 1.89 bits per heavy atom. The van der Waals surface area contributed by atoms with E-state index in [9.17, 15) is 0 Å². The third kappa shape index (κ3) is 3.01. The van der Waals surface area contributed by atoms with Crippen molar-refractivity contribution in [3.05, 3.63) is 54.1 Å². The fraction of sp³-hybridized carbons (Fsp3) is 0.0714. The van der Waals surface area contributed by atoms with Gasteiger partial charge in [0.1, 0.15) is 17.2 Å². The molecule has 4 nitrogen and oxygen atoms in total. The van der Waals surface area contributed by atoms with Gasteiger partial charge in [-0.25, -0.2) is 0 Å². The van der Waals surface area contributed by atoms with Crippen molar-refractivity contribution in [1.29, 1.82) is 0 Å². The second kappa shape index (κ2) is 5.72. The lowest BCUT2D eigenvalue weighted by molar-refractivity contribution is 0.322. The minimum absolute atomic E-state index is 0.718. The molecule has 0 heterocycles. The quantitative estimate of drug-likeness (QED) is 0.509. The molecule has 0 radical (unpaired) electrons. The molecule has 0 unspecified atom stereocenters. The molecular weight excluding hydrogens is 230 g/mol. The van der Waals surface area contributed by atoms with Crippen molar-refractivity contribution in [3.63, 3.8) is 0 Å². The van der Waals surface area contributed by atoms with E-state index in [1.807, 2.05) is 24.3 Å². The molecule has 0 atom stereocenters. The van der Waals surface area contributed by atoms with Crippen LogP contribution in [0.2, 0.25) is 0 Å². The lowest BCUT2D eigenvalue weighted by Crippen LogP contribution is -1.86. The van der Waals surface area contributed by atoms with Gasteiger partial charge in [-0.2, -0.15) is 0 Å². The van der Waals surface area contributed by atoms with Gasteiger partial charge in [0, 0.05) is 0 Å². The van der Waals surface area contributed by atoms with Crippen LogP contribution in [0.5, 0.6) is 17.2 Å². The van der Waals surface area contributed by atoms with E-state index < -0.39 is 0 Å². The Hall–Kier alpha value is -2.49. The zero-order valence-electron chi connectivity index (χ0n) is 9.91. The molecule has 2 rings (SSSR count). The van der Waals surface area contributed by atoms with Crippen LogP contribution in [0, 0.1) is 0 Å². The van der Waals surface area contributed by atoms with Gasteiger partial charge < -0.3 is 14.7 Å². The number of oxime groups is 1. The van der Waals surface area contributed by atoms with Crippen molar-refractivity contribution >= 4 is 6.21 Å². The summed E-state index contributed by atoms with van der Waals surface area (Å²) in [5.74, 6) is 2.24. The third-order valence-electron chi connectivity index (χ3n) is 2.38. The number of rotatable bonds is 4. The number of hydrogen-bond acceptors (Lipinski definition) is 4. The van der Waals surface area contributed by atoms with E-state index in [0.29, 0.717) is 0 Å². The molecule has 4 heteroatoms. The van der Waals surface area contributed by atoms with E-state index in [4.69, 9.17) is 14.7 Å². The number of hydrogen-bond donors (Lipinski definition) is 1. The van der Waals surface area contributed by atoms with Crippen LogP contribution < -0.4 is 9.47 Å². The maximum Gasteiger partial charge on any atom is 0.127 e. The van der Waals surface area contributed by atoms with E-state index in [1.165, 1.54) is 6.21 Å². The Balaban J connectivity index is 2.08. The smallest absolute Gasteiger partial charge is 0.127 e. The number of ether oxygens (including phenoxy) is 2.